The van der Waals surface area contributed by atoms with Gasteiger partial charge in [0.1, 0.15) is 0 Å². The molecular weight excluding hydrogens is 227 g/mol. The van der Waals surface area contributed by atoms with Gasteiger partial charge in [-0.15, -0.1) is 23.2 Å². The molecule has 0 aromatic heterocycles. The Morgan fingerprint density at radius 2 is 1.87 bits per heavy atom. The fraction of sp³-hybridized carbons (Fsp3) is 1.00. The Balaban J connectivity index is 1.95. The Kier molecular flexibility index (Phi) is 3.88. The maximum Gasteiger partial charge on any atom is 0.0291 e. The monoisotopic (exact) mass is 248 g/mol. The third-order valence-corrected chi connectivity index (χ3v) is 6.03. The first-order valence-corrected chi connectivity index (χ1v) is 7.42. The zero-order valence-corrected chi connectivity index (χ0v) is 11.2. The van der Waals surface area contributed by atoms with E-state index in [-0.39, 0.29) is 5.41 Å². The molecule has 0 aromatic carbocycles. The Morgan fingerprint density at radius 3 is 2.27 bits per heavy atom. The lowest BCUT2D eigenvalue weighted by molar-refractivity contribution is 0.208. The van der Waals surface area contributed by atoms with Crippen LogP contribution >= 0.6 is 23.2 Å². The van der Waals surface area contributed by atoms with Crippen LogP contribution in [-0.4, -0.2) is 11.8 Å². The molecule has 2 bridgehead atoms. The Morgan fingerprint density at radius 1 is 1.13 bits per heavy atom. The van der Waals surface area contributed by atoms with Gasteiger partial charge in [-0.3, -0.25) is 0 Å². The third-order valence-electron chi connectivity index (χ3n) is 4.90. The highest BCUT2D eigenvalue weighted by molar-refractivity contribution is 6.21. The molecule has 2 rings (SSSR count). The molecular formula is C13H22Cl2. The summed E-state index contributed by atoms with van der Waals surface area (Å²) in [4.78, 5) is 0. The minimum atomic E-state index is 0.220. The molecule has 15 heavy (non-hydrogen) atoms. The molecule has 0 saturated heterocycles. The van der Waals surface area contributed by atoms with Crippen LogP contribution in [0.4, 0.5) is 0 Å². The van der Waals surface area contributed by atoms with Gasteiger partial charge in [-0.2, -0.15) is 0 Å². The summed E-state index contributed by atoms with van der Waals surface area (Å²) in [6, 6.07) is 0. The van der Waals surface area contributed by atoms with Gasteiger partial charge in [0.2, 0.25) is 0 Å². The molecule has 0 N–H and O–H groups in total. The number of rotatable bonds is 5. The average Bonchev–Trinajstić information content (AvgIpc) is 2.88. The molecule has 2 fully saturated rings. The van der Waals surface area contributed by atoms with Crippen molar-refractivity contribution in [3.63, 3.8) is 0 Å². The zero-order chi connectivity index (χ0) is 10.9. The zero-order valence-electron chi connectivity index (χ0n) is 9.64. The predicted molar refractivity (Wildman–Crippen MR) is 67.7 cm³/mol. The van der Waals surface area contributed by atoms with Crippen LogP contribution in [0.1, 0.15) is 45.4 Å². The van der Waals surface area contributed by atoms with E-state index in [0.717, 1.165) is 35.9 Å². The largest absolute Gasteiger partial charge is 0.126 e. The summed E-state index contributed by atoms with van der Waals surface area (Å²) in [5, 5.41) is 0. The highest BCUT2D eigenvalue weighted by Gasteiger charge is 2.42. The number of hydrogen-bond donors (Lipinski definition) is 0. The Bertz CT molecular complexity index is 202. The van der Waals surface area contributed by atoms with Gasteiger partial charge in [-0.05, 0) is 55.3 Å². The Hall–Kier alpha value is 0.580. The van der Waals surface area contributed by atoms with Crippen LogP contribution in [0.15, 0.2) is 0 Å². The molecule has 2 saturated carbocycles. The van der Waals surface area contributed by atoms with Crippen molar-refractivity contribution in [1.82, 2.24) is 0 Å². The molecule has 0 spiro atoms. The number of hydrogen-bond acceptors (Lipinski definition) is 0. The van der Waals surface area contributed by atoms with Crippen molar-refractivity contribution in [3.8, 4) is 0 Å². The number of halogens is 2. The van der Waals surface area contributed by atoms with Crippen LogP contribution in [0.2, 0.25) is 0 Å². The smallest absolute Gasteiger partial charge is 0.0291 e. The maximum atomic E-state index is 6.12. The van der Waals surface area contributed by atoms with E-state index in [1.807, 2.05) is 0 Å². The lowest BCUT2D eigenvalue weighted by Gasteiger charge is -2.34. The van der Waals surface area contributed by atoms with Crippen molar-refractivity contribution >= 4 is 23.2 Å². The first kappa shape index (κ1) is 12.0. The van der Waals surface area contributed by atoms with Crippen LogP contribution in [-0.2, 0) is 0 Å². The van der Waals surface area contributed by atoms with Crippen molar-refractivity contribution in [1.29, 1.82) is 0 Å². The number of alkyl halides is 2. The first-order valence-electron chi connectivity index (χ1n) is 6.35. The van der Waals surface area contributed by atoms with Crippen LogP contribution in [0.5, 0.6) is 0 Å². The van der Waals surface area contributed by atoms with Crippen LogP contribution < -0.4 is 0 Å². The molecule has 0 radical (unpaired) electrons. The molecule has 0 heterocycles. The second kappa shape index (κ2) is 4.84. The van der Waals surface area contributed by atoms with E-state index < -0.39 is 0 Å². The second-order valence-corrected chi connectivity index (χ2v) is 6.29. The van der Waals surface area contributed by atoms with Crippen LogP contribution in [0, 0.1) is 23.2 Å². The molecule has 88 valence electrons. The van der Waals surface area contributed by atoms with Gasteiger partial charge < -0.3 is 0 Å². The van der Waals surface area contributed by atoms with E-state index in [9.17, 15) is 0 Å². The van der Waals surface area contributed by atoms with E-state index in [4.69, 9.17) is 23.2 Å². The van der Waals surface area contributed by atoms with E-state index in [0.29, 0.717) is 0 Å². The summed E-state index contributed by atoms with van der Waals surface area (Å²) in [6.07, 6.45) is 8.32. The quantitative estimate of drug-likeness (QED) is 0.620. The van der Waals surface area contributed by atoms with E-state index in [2.05, 4.69) is 6.92 Å². The summed E-state index contributed by atoms with van der Waals surface area (Å²) in [7, 11) is 0. The summed E-state index contributed by atoms with van der Waals surface area (Å²) < 4.78 is 0. The first-order chi connectivity index (χ1) is 7.23. The summed E-state index contributed by atoms with van der Waals surface area (Å²) in [5.74, 6) is 4.45. The van der Waals surface area contributed by atoms with Gasteiger partial charge >= 0.3 is 0 Å². The number of fused-ring (bicyclic) bond motifs is 2. The van der Waals surface area contributed by atoms with Crippen molar-refractivity contribution in [3.05, 3.63) is 0 Å². The maximum absolute atomic E-state index is 6.12. The average molecular weight is 249 g/mol. The van der Waals surface area contributed by atoms with E-state index in [1.54, 1.807) is 0 Å². The molecule has 2 aliphatic carbocycles. The van der Waals surface area contributed by atoms with Gasteiger partial charge in [0.05, 0.1) is 0 Å². The third kappa shape index (κ3) is 2.31. The van der Waals surface area contributed by atoms with Crippen molar-refractivity contribution in [2.45, 2.75) is 45.4 Å². The molecule has 2 heteroatoms. The van der Waals surface area contributed by atoms with Crippen molar-refractivity contribution in [2.75, 3.05) is 11.8 Å². The van der Waals surface area contributed by atoms with Crippen molar-refractivity contribution < 1.29 is 0 Å². The molecule has 0 amide bonds. The predicted octanol–water partition coefficient (Wildman–Crippen LogP) is 4.69. The standard InChI is InChI=1S/C13H22Cl2/c1-2-13(8-14,9-15)7-12-6-10-3-4-11(12)5-10/h10-12H,2-9H2,1H3. The fourth-order valence-electron chi connectivity index (χ4n) is 3.66. The van der Waals surface area contributed by atoms with Gasteiger partial charge in [-0.1, -0.05) is 13.3 Å². The molecule has 3 atom stereocenters. The molecule has 0 aromatic rings. The van der Waals surface area contributed by atoms with Crippen molar-refractivity contribution in [2.24, 2.45) is 23.2 Å². The van der Waals surface area contributed by atoms with E-state index >= 15 is 0 Å². The van der Waals surface area contributed by atoms with Gasteiger partial charge in [-0.25, -0.2) is 0 Å². The molecule has 3 unspecified atom stereocenters. The SMILES string of the molecule is CCC(CCl)(CCl)CC1CC2CCC1C2. The molecule has 0 aliphatic heterocycles. The highest BCUT2D eigenvalue weighted by atomic mass is 35.5. The fourth-order valence-corrected chi connectivity index (χ4v) is 4.54. The normalized spacial score (nSPS) is 35.0. The van der Waals surface area contributed by atoms with Gasteiger partial charge in [0.25, 0.3) is 0 Å². The van der Waals surface area contributed by atoms with E-state index in [1.165, 1.54) is 32.1 Å². The lowest BCUT2D eigenvalue weighted by atomic mass is 9.74. The second-order valence-electron chi connectivity index (χ2n) is 5.76. The minimum absolute atomic E-state index is 0.220. The highest BCUT2D eigenvalue weighted by Crippen LogP contribution is 2.52. The summed E-state index contributed by atoms with van der Waals surface area (Å²) in [5.41, 5.74) is 0.220. The van der Waals surface area contributed by atoms with Crippen LogP contribution in [0.3, 0.4) is 0 Å². The Labute approximate surface area is 104 Å². The lowest BCUT2D eigenvalue weighted by Crippen LogP contribution is -2.29. The topological polar surface area (TPSA) is 0 Å². The summed E-state index contributed by atoms with van der Waals surface area (Å²) >= 11 is 12.2. The van der Waals surface area contributed by atoms with Gasteiger partial charge in [0, 0.05) is 11.8 Å². The molecule has 0 nitrogen and oxygen atoms in total. The summed E-state index contributed by atoms with van der Waals surface area (Å²) in [6.45, 7) is 2.23. The van der Waals surface area contributed by atoms with Crippen LogP contribution in [0.25, 0.3) is 0 Å². The molecule has 2 aliphatic rings. The van der Waals surface area contributed by atoms with Gasteiger partial charge in [0.15, 0.2) is 0 Å². The minimum Gasteiger partial charge on any atom is -0.126 e.